The van der Waals surface area contributed by atoms with E-state index in [9.17, 15) is 18.0 Å². The molecule has 0 saturated carbocycles. The van der Waals surface area contributed by atoms with Crippen LogP contribution in [0, 0.1) is 12.8 Å². The Morgan fingerprint density at radius 3 is 2.17 bits per heavy atom. The van der Waals surface area contributed by atoms with Gasteiger partial charge in [0.1, 0.15) is 12.6 Å². The zero-order valence-electron chi connectivity index (χ0n) is 23.1. The first-order chi connectivity index (χ1) is 18.9. The molecule has 1 N–H and O–H groups in total. The smallest absolute Gasteiger partial charge is 0.244 e. The first-order valence-electron chi connectivity index (χ1n) is 12.9. The summed E-state index contributed by atoms with van der Waals surface area (Å²) in [6, 6.07) is 20.5. The molecule has 0 aliphatic rings. The molecule has 3 aromatic rings. The van der Waals surface area contributed by atoms with E-state index >= 15 is 0 Å². The van der Waals surface area contributed by atoms with Crippen LogP contribution in [0.4, 0.5) is 5.69 Å². The number of nitrogens with zero attached hydrogens (tertiary/aromatic N) is 2. The van der Waals surface area contributed by atoms with E-state index in [0.29, 0.717) is 6.54 Å². The van der Waals surface area contributed by atoms with Gasteiger partial charge >= 0.3 is 0 Å². The fourth-order valence-corrected chi connectivity index (χ4v) is 5.34. The molecule has 0 aliphatic carbocycles. The summed E-state index contributed by atoms with van der Waals surface area (Å²) in [6.45, 7) is 5.95. The highest BCUT2D eigenvalue weighted by Crippen LogP contribution is 2.29. The molecule has 0 heterocycles. The maximum Gasteiger partial charge on any atom is 0.244 e. The zero-order valence-corrected chi connectivity index (χ0v) is 25.4. The van der Waals surface area contributed by atoms with Crippen LogP contribution in [0.15, 0.2) is 72.8 Å². The fraction of sp³-hybridized carbons (Fsp3) is 0.333. The Morgan fingerprint density at radius 1 is 0.925 bits per heavy atom. The van der Waals surface area contributed by atoms with Crippen LogP contribution in [-0.4, -0.2) is 50.5 Å². The Balaban J connectivity index is 2.07. The molecule has 40 heavy (non-hydrogen) atoms. The highest BCUT2D eigenvalue weighted by Gasteiger charge is 2.33. The van der Waals surface area contributed by atoms with Gasteiger partial charge in [-0.25, -0.2) is 8.42 Å². The van der Waals surface area contributed by atoms with Gasteiger partial charge in [-0.1, -0.05) is 91.6 Å². The van der Waals surface area contributed by atoms with E-state index in [0.717, 1.165) is 27.3 Å². The van der Waals surface area contributed by atoms with E-state index in [1.165, 1.54) is 23.1 Å². The first kappa shape index (κ1) is 31.5. The van der Waals surface area contributed by atoms with Crippen LogP contribution in [0.2, 0.25) is 10.0 Å². The highest BCUT2D eigenvalue weighted by atomic mass is 35.5. The summed E-state index contributed by atoms with van der Waals surface area (Å²) in [4.78, 5) is 29.2. The predicted molar refractivity (Wildman–Crippen MR) is 162 cm³/mol. The maximum atomic E-state index is 14.1. The van der Waals surface area contributed by atoms with Crippen LogP contribution >= 0.6 is 23.2 Å². The number of aryl methyl sites for hydroxylation is 1. The van der Waals surface area contributed by atoms with Crippen molar-refractivity contribution >= 4 is 50.7 Å². The minimum atomic E-state index is -3.90. The van der Waals surface area contributed by atoms with E-state index in [2.05, 4.69) is 5.32 Å². The molecule has 0 unspecified atom stereocenters. The number of rotatable bonds is 12. The van der Waals surface area contributed by atoms with Crippen molar-refractivity contribution < 1.29 is 18.0 Å². The van der Waals surface area contributed by atoms with Crippen molar-refractivity contribution in [3.63, 3.8) is 0 Å². The largest absolute Gasteiger partial charge is 0.354 e. The molecule has 7 nitrogen and oxygen atoms in total. The second-order valence-electron chi connectivity index (χ2n) is 10.2. The Kier molecular flexibility index (Phi) is 11.0. The molecule has 0 radical (unpaired) electrons. The van der Waals surface area contributed by atoms with E-state index in [4.69, 9.17) is 23.2 Å². The third-order valence-corrected chi connectivity index (χ3v) is 8.31. The molecule has 1 atom stereocenters. The van der Waals surface area contributed by atoms with E-state index in [1.807, 2.05) is 75.4 Å². The minimum Gasteiger partial charge on any atom is -0.354 e. The van der Waals surface area contributed by atoms with Gasteiger partial charge in [0.15, 0.2) is 0 Å². The molecule has 214 valence electrons. The van der Waals surface area contributed by atoms with Gasteiger partial charge in [-0.3, -0.25) is 13.9 Å². The number of carbonyl (C=O) groups is 2. The van der Waals surface area contributed by atoms with Gasteiger partial charge in [0.05, 0.1) is 22.0 Å². The third kappa shape index (κ3) is 8.71. The molecule has 0 fully saturated rings. The van der Waals surface area contributed by atoms with Gasteiger partial charge in [0, 0.05) is 19.5 Å². The summed E-state index contributed by atoms with van der Waals surface area (Å²) in [5.74, 6) is -0.627. The number of halogens is 2. The lowest BCUT2D eigenvalue weighted by molar-refractivity contribution is -0.140. The summed E-state index contributed by atoms with van der Waals surface area (Å²) >= 11 is 12.2. The Hall–Kier alpha value is -3.07. The van der Waals surface area contributed by atoms with Crippen LogP contribution in [0.1, 0.15) is 30.5 Å². The quantitative estimate of drug-likeness (QED) is 0.297. The molecule has 10 heteroatoms. The number of benzene rings is 3. The number of hydrogen-bond donors (Lipinski definition) is 1. The Bertz CT molecular complexity index is 1430. The lowest BCUT2D eigenvalue weighted by Crippen LogP contribution is -2.53. The number of anilines is 1. The predicted octanol–water partition coefficient (Wildman–Crippen LogP) is 5.48. The van der Waals surface area contributed by atoms with Crippen molar-refractivity contribution in [3.8, 4) is 0 Å². The lowest BCUT2D eigenvalue weighted by atomic mass is 10.0. The second-order valence-corrected chi connectivity index (χ2v) is 12.9. The van der Waals surface area contributed by atoms with Crippen LogP contribution < -0.4 is 9.62 Å². The second kappa shape index (κ2) is 14.0. The Morgan fingerprint density at radius 2 is 1.57 bits per heavy atom. The Labute approximate surface area is 247 Å². The van der Waals surface area contributed by atoms with Gasteiger partial charge in [0.25, 0.3) is 0 Å². The van der Waals surface area contributed by atoms with Crippen molar-refractivity contribution in [1.82, 2.24) is 10.2 Å². The lowest BCUT2D eigenvalue weighted by Gasteiger charge is -2.34. The average molecular weight is 605 g/mol. The van der Waals surface area contributed by atoms with Gasteiger partial charge < -0.3 is 10.2 Å². The number of carbonyl (C=O) groups excluding carboxylic acids is 2. The minimum absolute atomic E-state index is 0.122. The summed E-state index contributed by atoms with van der Waals surface area (Å²) in [5, 5.41) is 3.39. The molecule has 0 aromatic heterocycles. The van der Waals surface area contributed by atoms with Gasteiger partial charge in [-0.15, -0.1) is 0 Å². The topological polar surface area (TPSA) is 86.8 Å². The van der Waals surface area contributed by atoms with Crippen LogP contribution in [0.5, 0.6) is 0 Å². The number of hydrogen-bond acceptors (Lipinski definition) is 4. The maximum absolute atomic E-state index is 14.1. The third-order valence-electron chi connectivity index (χ3n) is 6.43. The zero-order chi connectivity index (χ0) is 29.4. The van der Waals surface area contributed by atoms with Crippen molar-refractivity contribution in [2.24, 2.45) is 5.92 Å². The first-order valence-corrected chi connectivity index (χ1v) is 15.6. The molecule has 0 saturated heterocycles. The molecule has 0 aliphatic heterocycles. The monoisotopic (exact) mass is 603 g/mol. The molecule has 3 aromatic carbocycles. The fourth-order valence-electron chi connectivity index (χ4n) is 4.20. The number of amides is 2. The van der Waals surface area contributed by atoms with Crippen molar-refractivity contribution in [2.45, 2.75) is 39.8 Å². The summed E-state index contributed by atoms with van der Waals surface area (Å²) < 4.78 is 26.7. The molecular weight excluding hydrogens is 569 g/mol. The van der Waals surface area contributed by atoms with Crippen LogP contribution in [-0.2, 0) is 32.6 Å². The van der Waals surface area contributed by atoms with Crippen LogP contribution in [0.25, 0.3) is 0 Å². The molecule has 0 spiro atoms. The standard InChI is InChI=1S/C30H35Cl2N3O4S/c1-21(2)18-33-30(37)28(16-23-11-6-5-7-12-23)34(19-24-13-9-8-10-22(24)3)29(36)20-35(40(4,38)39)25-14-15-26(31)27(32)17-25/h5-15,17,21,28H,16,18-20H2,1-4H3,(H,33,37)/t28-/m1/s1. The van der Waals surface area contributed by atoms with Gasteiger partial charge in [-0.05, 0) is 47.7 Å². The summed E-state index contributed by atoms with van der Waals surface area (Å²) in [5.41, 5.74) is 2.88. The SMILES string of the molecule is Cc1ccccc1CN(C(=O)CN(c1ccc(Cl)c(Cl)c1)S(C)(=O)=O)[C@H](Cc1ccccc1)C(=O)NCC(C)C. The number of sulfonamides is 1. The summed E-state index contributed by atoms with van der Waals surface area (Å²) in [7, 11) is -3.90. The molecule has 2 amide bonds. The molecule has 3 rings (SSSR count). The van der Waals surface area contributed by atoms with E-state index in [1.54, 1.807) is 0 Å². The highest BCUT2D eigenvalue weighted by molar-refractivity contribution is 7.92. The van der Waals surface area contributed by atoms with Gasteiger partial charge in [-0.2, -0.15) is 0 Å². The average Bonchev–Trinajstić information content (AvgIpc) is 2.90. The van der Waals surface area contributed by atoms with Crippen molar-refractivity contribution in [3.05, 3.63) is 99.5 Å². The van der Waals surface area contributed by atoms with Crippen LogP contribution in [0.3, 0.4) is 0 Å². The van der Waals surface area contributed by atoms with E-state index in [-0.39, 0.29) is 40.5 Å². The van der Waals surface area contributed by atoms with Crippen molar-refractivity contribution in [2.75, 3.05) is 23.7 Å². The summed E-state index contributed by atoms with van der Waals surface area (Å²) in [6.07, 6.45) is 1.28. The molecule has 0 bridgehead atoms. The van der Waals surface area contributed by atoms with Gasteiger partial charge in [0.2, 0.25) is 21.8 Å². The molecular formula is C30H35Cl2N3O4S. The number of nitrogens with one attached hydrogen (secondary N) is 1. The van der Waals surface area contributed by atoms with Crippen molar-refractivity contribution in [1.29, 1.82) is 0 Å². The normalized spacial score (nSPS) is 12.2. The van der Waals surface area contributed by atoms with E-state index < -0.39 is 28.5 Å².